The highest BCUT2D eigenvalue weighted by Crippen LogP contribution is 2.33. The summed E-state index contributed by atoms with van der Waals surface area (Å²) in [4.78, 5) is 0. The highest BCUT2D eigenvalue weighted by Gasteiger charge is 2.25. The summed E-state index contributed by atoms with van der Waals surface area (Å²) in [5.41, 5.74) is 2.35. The molecule has 0 heterocycles. The fourth-order valence-electron chi connectivity index (χ4n) is 2.01. The van der Waals surface area contributed by atoms with E-state index in [1.54, 1.807) is 6.92 Å². The molecule has 0 fully saturated rings. The fourth-order valence-corrected chi connectivity index (χ4v) is 3.26. The zero-order valence-corrected chi connectivity index (χ0v) is 11.4. The summed E-state index contributed by atoms with van der Waals surface area (Å²) in [6, 6.07) is 5.97. The topological polar surface area (TPSA) is 46.2 Å². The van der Waals surface area contributed by atoms with Crippen molar-refractivity contribution in [2.75, 3.05) is 5.75 Å². The van der Waals surface area contributed by atoms with E-state index in [0.29, 0.717) is 0 Å². The molecule has 1 atom stereocenters. The molecule has 0 spiro atoms. The second-order valence-electron chi connectivity index (χ2n) is 3.96. The molecule has 2 rings (SSSR count). The lowest BCUT2D eigenvalue weighted by molar-refractivity contribution is 0.555. The normalized spacial score (nSPS) is 19.8. The number of fused-ring (bicyclic) bond motifs is 1. The summed E-state index contributed by atoms with van der Waals surface area (Å²) >= 11 is 3.42. The smallest absolute Gasteiger partial charge is 0.211 e. The van der Waals surface area contributed by atoms with Crippen LogP contribution in [0.15, 0.2) is 22.7 Å². The largest absolute Gasteiger partial charge is 0.212 e. The van der Waals surface area contributed by atoms with Gasteiger partial charge in [-0.1, -0.05) is 22.0 Å². The SMILES string of the molecule is CCS(=O)(=O)NC1CCc2cc(Br)ccc21. The van der Waals surface area contributed by atoms with E-state index >= 15 is 0 Å². The molecule has 16 heavy (non-hydrogen) atoms. The van der Waals surface area contributed by atoms with Gasteiger partial charge in [-0.15, -0.1) is 0 Å². The lowest BCUT2D eigenvalue weighted by Gasteiger charge is -2.13. The van der Waals surface area contributed by atoms with Crippen LogP contribution in [-0.4, -0.2) is 14.2 Å². The number of rotatable bonds is 3. The molecular formula is C11H14BrNO2S. The van der Waals surface area contributed by atoms with Gasteiger partial charge in [0.25, 0.3) is 0 Å². The Balaban J connectivity index is 2.24. The third kappa shape index (κ3) is 2.47. The van der Waals surface area contributed by atoms with E-state index in [1.807, 2.05) is 12.1 Å². The predicted octanol–water partition coefficient (Wildman–Crippen LogP) is 2.38. The van der Waals surface area contributed by atoms with Gasteiger partial charge < -0.3 is 0 Å². The molecule has 0 saturated carbocycles. The van der Waals surface area contributed by atoms with Gasteiger partial charge in [-0.2, -0.15) is 0 Å². The van der Waals surface area contributed by atoms with Gasteiger partial charge in [0.2, 0.25) is 10.0 Å². The maximum Gasteiger partial charge on any atom is 0.211 e. The van der Waals surface area contributed by atoms with E-state index in [9.17, 15) is 8.42 Å². The Bertz CT molecular complexity index is 499. The summed E-state index contributed by atoms with van der Waals surface area (Å²) in [5, 5.41) is 0. The molecule has 1 aromatic rings. The Kier molecular flexibility index (Phi) is 3.37. The number of halogens is 1. The first-order valence-electron chi connectivity index (χ1n) is 5.30. The highest BCUT2D eigenvalue weighted by atomic mass is 79.9. The minimum atomic E-state index is -3.12. The standard InChI is InChI=1S/C11H14BrNO2S/c1-2-16(14,15)13-11-6-3-8-7-9(12)4-5-10(8)11/h4-5,7,11,13H,2-3,6H2,1H3. The molecule has 5 heteroatoms. The Labute approximate surface area is 104 Å². The van der Waals surface area contributed by atoms with Crippen molar-refractivity contribution < 1.29 is 8.42 Å². The van der Waals surface area contributed by atoms with Crippen LogP contribution in [0.4, 0.5) is 0 Å². The first kappa shape index (κ1) is 12.1. The molecule has 3 nitrogen and oxygen atoms in total. The first-order chi connectivity index (χ1) is 7.52. The van der Waals surface area contributed by atoms with E-state index in [-0.39, 0.29) is 11.8 Å². The Morgan fingerprint density at radius 3 is 2.94 bits per heavy atom. The van der Waals surface area contributed by atoms with Gasteiger partial charge in [-0.05, 0) is 43.0 Å². The molecule has 1 aliphatic carbocycles. The van der Waals surface area contributed by atoms with Crippen LogP contribution >= 0.6 is 15.9 Å². The Hall–Kier alpha value is -0.390. The molecule has 1 aliphatic rings. The number of hydrogen-bond donors (Lipinski definition) is 1. The molecule has 1 aromatic carbocycles. The average Bonchev–Trinajstić information content (AvgIpc) is 2.60. The van der Waals surface area contributed by atoms with Crippen molar-refractivity contribution in [3.05, 3.63) is 33.8 Å². The molecule has 0 radical (unpaired) electrons. The highest BCUT2D eigenvalue weighted by molar-refractivity contribution is 9.10. The van der Waals surface area contributed by atoms with Crippen molar-refractivity contribution in [3.8, 4) is 0 Å². The fraction of sp³-hybridized carbons (Fsp3) is 0.455. The van der Waals surface area contributed by atoms with E-state index in [1.165, 1.54) is 5.56 Å². The van der Waals surface area contributed by atoms with Crippen LogP contribution in [0, 0.1) is 0 Å². The zero-order chi connectivity index (χ0) is 11.8. The monoisotopic (exact) mass is 303 g/mol. The predicted molar refractivity (Wildman–Crippen MR) is 67.8 cm³/mol. The summed E-state index contributed by atoms with van der Waals surface area (Å²) in [7, 11) is -3.12. The second-order valence-corrected chi connectivity index (χ2v) is 6.91. The average molecular weight is 304 g/mol. The minimum absolute atomic E-state index is 0.0481. The van der Waals surface area contributed by atoms with Crippen molar-refractivity contribution in [2.24, 2.45) is 0 Å². The van der Waals surface area contributed by atoms with Crippen LogP contribution in [0.25, 0.3) is 0 Å². The third-order valence-electron chi connectivity index (χ3n) is 2.88. The molecule has 1 N–H and O–H groups in total. The van der Waals surface area contributed by atoms with E-state index in [2.05, 4.69) is 26.7 Å². The molecule has 1 unspecified atom stereocenters. The number of aryl methyl sites for hydroxylation is 1. The summed E-state index contributed by atoms with van der Waals surface area (Å²) in [6.07, 6.45) is 1.79. The van der Waals surface area contributed by atoms with E-state index in [4.69, 9.17) is 0 Å². The second kappa shape index (κ2) is 4.47. The summed E-state index contributed by atoms with van der Waals surface area (Å²) in [5.74, 6) is 0.134. The van der Waals surface area contributed by atoms with Crippen molar-refractivity contribution in [1.29, 1.82) is 0 Å². The maximum atomic E-state index is 11.5. The van der Waals surface area contributed by atoms with Gasteiger partial charge in [0.05, 0.1) is 5.75 Å². The van der Waals surface area contributed by atoms with Crippen molar-refractivity contribution >= 4 is 26.0 Å². The Morgan fingerprint density at radius 1 is 1.50 bits per heavy atom. The van der Waals surface area contributed by atoms with Gasteiger partial charge in [0.1, 0.15) is 0 Å². The van der Waals surface area contributed by atoms with Crippen molar-refractivity contribution in [1.82, 2.24) is 4.72 Å². The van der Waals surface area contributed by atoms with Crippen LogP contribution in [0.2, 0.25) is 0 Å². The molecule has 0 saturated heterocycles. The van der Waals surface area contributed by atoms with E-state index in [0.717, 1.165) is 22.9 Å². The molecule has 0 bridgehead atoms. The molecule has 0 aromatic heterocycles. The first-order valence-corrected chi connectivity index (χ1v) is 7.74. The van der Waals surface area contributed by atoms with Gasteiger partial charge in [-0.3, -0.25) is 0 Å². The quantitative estimate of drug-likeness (QED) is 0.932. The summed E-state index contributed by atoms with van der Waals surface area (Å²) in [6.45, 7) is 1.65. The summed E-state index contributed by atoms with van der Waals surface area (Å²) < 4.78 is 26.8. The molecule has 88 valence electrons. The number of nitrogens with one attached hydrogen (secondary N) is 1. The van der Waals surface area contributed by atoms with Crippen LogP contribution in [0.3, 0.4) is 0 Å². The van der Waals surface area contributed by atoms with Gasteiger partial charge in [0, 0.05) is 10.5 Å². The lowest BCUT2D eigenvalue weighted by Crippen LogP contribution is -2.28. The van der Waals surface area contributed by atoms with Crippen LogP contribution in [0.1, 0.15) is 30.5 Å². The maximum absolute atomic E-state index is 11.5. The molecule has 0 amide bonds. The van der Waals surface area contributed by atoms with Gasteiger partial charge in [0.15, 0.2) is 0 Å². The van der Waals surface area contributed by atoms with Gasteiger partial charge >= 0.3 is 0 Å². The van der Waals surface area contributed by atoms with E-state index < -0.39 is 10.0 Å². The third-order valence-corrected chi connectivity index (χ3v) is 4.78. The minimum Gasteiger partial charge on any atom is -0.212 e. The van der Waals surface area contributed by atoms with Gasteiger partial charge in [-0.25, -0.2) is 13.1 Å². The number of sulfonamides is 1. The molecular weight excluding hydrogens is 290 g/mol. The van der Waals surface area contributed by atoms with Crippen LogP contribution in [-0.2, 0) is 16.4 Å². The van der Waals surface area contributed by atoms with Crippen LogP contribution in [0.5, 0.6) is 0 Å². The van der Waals surface area contributed by atoms with Crippen molar-refractivity contribution in [3.63, 3.8) is 0 Å². The zero-order valence-electron chi connectivity index (χ0n) is 9.03. The van der Waals surface area contributed by atoms with Crippen LogP contribution < -0.4 is 4.72 Å². The Morgan fingerprint density at radius 2 is 2.25 bits per heavy atom. The van der Waals surface area contributed by atoms with Crippen molar-refractivity contribution in [2.45, 2.75) is 25.8 Å². The number of benzene rings is 1. The molecule has 0 aliphatic heterocycles. The number of hydrogen-bond acceptors (Lipinski definition) is 2. The lowest BCUT2D eigenvalue weighted by atomic mass is 10.1.